The maximum Gasteiger partial charge on any atom is 0.263 e. The van der Waals surface area contributed by atoms with Crippen LogP contribution >= 0.6 is 34.7 Å². The Morgan fingerprint density at radius 2 is 2.10 bits per heavy atom. The van der Waals surface area contributed by atoms with Gasteiger partial charge in [-0.1, -0.05) is 23.4 Å². The van der Waals surface area contributed by atoms with Gasteiger partial charge in [0.2, 0.25) is 5.91 Å². The third kappa shape index (κ3) is 4.21. The molecule has 2 aromatic heterocycles. The van der Waals surface area contributed by atoms with E-state index in [1.807, 2.05) is 6.92 Å². The van der Waals surface area contributed by atoms with Crippen LogP contribution in [-0.2, 0) is 24.3 Å². The van der Waals surface area contributed by atoms with Crippen molar-refractivity contribution < 1.29 is 4.79 Å². The predicted octanol–water partition coefficient (Wildman–Crippen LogP) is 3.85. The number of nitrogens with zero attached hydrogens (tertiary/aromatic N) is 3. The molecule has 0 unspecified atom stereocenters. The van der Waals surface area contributed by atoms with E-state index in [4.69, 9.17) is 16.6 Å². The molecular weight excluding hydrogens is 428 g/mol. The largest absolute Gasteiger partial charge is 0.325 e. The van der Waals surface area contributed by atoms with Crippen LogP contribution in [0.2, 0.25) is 5.02 Å². The normalized spacial score (nSPS) is 14.2. The number of amides is 1. The van der Waals surface area contributed by atoms with Gasteiger partial charge in [-0.05, 0) is 50.2 Å². The van der Waals surface area contributed by atoms with E-state index in [0.29, 0.717) is 22.4 Å². The molecule has 0 radical (unpaired) electrons. The van der Waals surface area contributed by atoms with Crippen LogP contribution in [0.1, 0.15) is 17.4 Å². The van der Waals surface area contributed by atoms with Crippen LogP contribution in [0.3, 0.4) is 0 Å². The third-order valence-corrected chi connectivity index (χ3v) is 7.23. The zero-order valence-corrected chi connectivity index (χ0v) is 18.6. The minimum atomic E-state index is -0.151. The molecule has 1 amide bonds. The van der Waals surface area contributed by atoms with Gasteiger partial charge < -0.3 is 10.2 Å². The number of fused-ring (bicyclic) bond motifs is 3. The van der Waals surface area contributed by atoms with Crippen LogP contribution < -0.4 is 10.9 Å². The Kier molecular flexibility index (Phi) is 5.96. The van der Waals surface area contributed by atoms with Gasteiger partial charge in [0.25, 0.3) is 5.56 Å². The number of halogens is 1. The first-order valence-electron chi connectivity index (χ1n) is 9.38. The fourth-order valence-corrected chi connectivity index (χ4v) is 5.76. The lowest BCUT2D eigenvalue weighted by atomic mass is 10.1. The van der Waals surface area contributed by atoms with Crippen molar-refractivity contribution in [2.24, 2.45) is 0 Å². The molecule has 0 aliphatic carbocycles. The van der Waals surface area contributed by atoms with E-state index < -0.39 is 0 Å². The molecule has 29 heavy (non-hydrogen) atoms. The molecule has 1 aliphatic heterocycles. The van der Waals surface area contributed by atoms with Crippen LogP contribution in [0.25, 0.3) is 10.2 Å². The van der Waals surface area contributed by atoms with Crippen molar-refractivity contribution in [2.45, 2.75) is 31.6 Å². The minimum Gasteiger partial charge on any atom is -0.325 e. The zero-order chi connectivity index (χ0) is 20.5. The summed E-state index contributed by atoms with van der Waals surface area (Å²) in [6.45, 7) is 4.26. The maximum atomic E-state index is 13.2. The van der Waals surface area contributed by atoms with Gasteiger partial charge in [0.05, 0.1) is 11.1 Å². The quantitative estimate of drug-likeness (QED) is 0.474. The summed E-state index contributed by atoms with van der Waals surface area (Å²) in [4.78, 5) is 34.5. The number of thioether (sulfide) groups is 1. The molecule has 0 fully saturated rings. The Morgan fingerprint density at radius 1 is 1.34 bits per heavy atom. The average molecular weight is 449 g/mol. The molecule has 1 aromatic carbocycles. The van der Waals surface area contributed by atoms with Crippen molar-refractivity contribution in [1.82, 2.24) is 14.5 Å². The van der Waals surface area contributed by atoms with Gasteiger partial charge in [0.15, 0.2) is 5.16 Å². The van der Waals surface area contributed by atoms with Gasteiger partial charge >= 0.3 is 0 Å². The summed E-state index contributed by atoms with van der Waals surface area (Å²) in [5, 5.41) is 4.80. The number of carbonyl (C=O) groups is 1. The second kappa shape index (κ2) is 8.47. The van der Waals surface area contributed by atoms with Crippen LogP contribution in [0, 0.1) is 0 Å². The van der Waals surface area contributed by atoms with Crippen molar-refractivity contribution in [3.63, 3.8) is 0 Å². The Hall–Kier alpha value is -1.87. The van der Waals surface area contributed by atoms with E-state index in [2.05, 4.69) is 17.3 Å². The lowest BCUT2D eigenvalue weighted by molar-refractivity contribution is -0.113. The third-order valence-electron chi connectivity index (χ3n) is 4.89. The lowest BCUT2D eigenvalue weighted by Gasteiger charge is -2.21. The van der Waals surface area contributed by atoms with Crippen molar-refractivity contribution in [1.29, 1.82) is 0 Å². The summed E-state index contributed by atoms with van der Waals surface area (Å²) in [6, 6.07) is 6.96. The summed E-state index contributed by atoms with van der Waals surface area (Å²) >= 11 is 8.76. The van der Waals surface area contributed by atoms with Gasteiger partial charge in [-0.3, -0.25) is 14.2 Å². The number of rotatable bonds is 5. The molecule has 152 valence electrons. The summed E-state index contributed by atoms with van der Waals surface area (Å²) in [5.74, 6) is 0.0235. The molecular formula is C20H21ClN4O2S2. The molecule has 3 aromatic rings. The number of hydrogen-bond donors (Lipinski definition) is 1. The van der Waals surface area contributed by atoms with E-state index in [-0.39, 0.29) is 17.2 Å². The molecule has 9 heteroatoms. The number of likely N-dealkylation sites (N-methyl/N-ethyl adjacent to an activating group) is 1. The highest BCUT2D eigenvalue weighted by Crippen LogP contribution is 2.33. The molecule has 4 rings (SSSR count). The molecule has 0 spiro atoms. The van der Waals surface area contributed by atoms with E-state index in [0.717, 1.165) is 35.3 Å². The number of thiophene rings is 1. The Labute approximate surface area is 181 Å². The fourth-order valence-electron chi connectivity index (χ4n) is 3.43. The number of anilines is 1. The van der Waals surface area contributed by atoms with Crippen molar-refractivity contribution in [3.05, 3.63) is 50.1 Å². The monoisotopic (exact) mass is 448 g/mol. The number of benzene rings is 1. The zero-order valence-electron chi connectivity index (χ0n) is 16.2. The number of hydrogen-bond acceptors (Lipinski definition) is 6. The summed E-state index contributed by atoms with van der Waals surface area (Å²) < 4.78 is 1.67. The topological polar surface area (TPSA) is 67.2 Å². The summed E-state index contributed by atoms with van der Waals surface area (Å²) in [5.41, 5.74) is 1.84. The lowest BCUT2D eigenvalue weighted by Crippen LogP contribution is -2.27. The second-order valence-corrected chi connectivity index (χ2v) is 9.42. The number of nitrogens with one attached hydrogen (secondary N) is 1. The van der Waals surface area contributed by atoms with Crippen LogP contribution in [0.15, 0.2) is 34.2 Å². The Morgan fingerprint density at radius 3 is 2.83 bits per heavy atom. The van der Waals surface area contributed by atoms with Crippen molar-refractivity contribution in [2.75, 3.05) is 24.7 Å². The van der Waals surface area contributed by atoms with Gasteiger partial charge in [-0.25, -0.2) is 4.98 Å². The highest BCUT2D eigenvalue weighted by atomic mass is 35.5. The summed E-state index contributed by atoms with van der Waals surface area (Å²) in [7, 11) is 2.09. The molecule has 0 bridgehead atoms. The summed E-state index contributed by atoms with van der Waals surface area (Å²) in [6.07, 6.45) is 0.877. The van der Waals surface area contributed by atoms with Gasteiger partial charge in [0, 0.05) is 35.2 Å². The SMILES string of the molecule is CCn1c(SCC(=O)Nc2ccc(Cl)cc2)nc2sc3c(c2c1=O)CCN(C)C3. The Bertz CT molecular complexity index is 1120. The molecule has 3 heterocycles. The van der Waals surface area contributed by atoms with Gasteiger partial charge in [-0.15, -0.1) is 11.3 Å². The highest BCUT2D eigenvalue weighted by molar-refractivity contribution is 7.99. The number of aromatic nitrogens is 2. The van der Waals surface area contributed by atoms with Crippen LogP contribution in [-0.4, -0.2) is 39.7 Å². The van der Waals surface area contributed by atoms with E-state index in [9.17, 15) is 9.59 Å². The van der Waals surface area contributed by atoms with Crippen LogP contribution in [0.4, 0.5) is 5.69 Å². The van der Waals surface area contributed by atoms with Gasteiger partial charge in [0.1, 0.15) is 4.83 Å². The Balaban J connectivity index is 1.57. The fraction of sp³-hybridized carbons (Fsp3) is 0.350. The molecule has 1 N–H and O–H groups in total. The first kappa shape index (κ1) is 20.4. The van der Waals surface area contributed by atoms with Crippen LogP contribution in [0.5, 0.6) is 0 Å². The predicted molar refractivity (Wildman–Crippen MR) is 120 cm³/mol. The maximum absolute atomic E-state index is 13.2. The molecule has 0 saturated heterocycles. The molecule has 1 aliphatic rings. The minimum absolute atomic E-state index is 0.000150. The number of carbonyl (C=O) groups excluding carboxylic acids is 1. The van der Waals surface area contributed by atoms with Gasteiger partial charge in [-0.2, -0.15) is 0 Å². The molecule has 0 atom stereocenters. The highest BCUT2D eigenvalue weighted by Gasteiger charge is 2.23. The second-order valence-electron chi connectivity index (χ2n) is 6.96. The standard InChI is InChI=1S/C20H21ClN4O2S2/c1-3-25-19(27)17-14-8-9-24(2)10-15(14)29-18(17)23-20(25)28-11-16(26)22-13-6-4-12(21)5-7-13/h4-7H,3,8-11H2,1-2H3,(H,22,26). The smallest absolute Gasteiger partial charge is 0.263 e. The van der Waals surface area contributed by atoms with E-state index >= 15 is 0 Å². The van der Waals surface area contributed by atoms with E-state index in [1.165, 1.54) is 16.6 Å². The molecule has 6 nitrogen and oxygen atoms in total. The first-order chi connectivity index (χ1) is 14.0. The van der Waals surface area contributed by atoms with Crippen molar-refractivity contribution >= 4 is 56.5 Å². The first-order valence-corrected chi connectivity index (χ1v) is 11.6. The molecule has 0 saturated carbocycles. The van der Waals surface area contributed by atoms with Crippen molar-refractivity contribution in [3.8, 4) is 0 Å². The average Bonchev–Trinajstić information content (AvgIpc) is 3.05. The van der Waals surface area contributed by atoms with E-state index in [1.54, 1.807) is 40.2 Å².